The first kappa shape index (κ1) is 18.4. The number of ether oxygens (including phenoxy) is 1. The van der Waals surface area contributed by atoms with Gasteiger partial charge in [0.15, 0.2) is 0 Å². The zero-order valence-electron chi connectivity index (χ0n) is 15.0. The summed E-state index contributed by atoms with van der Waals surface area (Å²) in [6.45, 7) is -0.0134. The molecule has 4 rings (SSSR count). The molecule has 0 bridgehead atoms. The van der Waals surface area contributed by atoms with Gasteiger partial charge in [-0.3, -0.25) is 0 Å². The monoisotopic (exact) mass is 393 g/mol. The minimum Gasteiger partial charge on any atom is -0.456 e. The van der Waals surface area contributed by atoms with Gasteiger partial charge >= 0.3 is 0 Å². The quantitative estimate of drug-likeness (QED) is 0.711. The van der Waals surface area contributed by atoms with Crippen LogP contribution in [-0.4, -0.2) is 13.5 Å². The zero-order chi connectivity index (χ0) is 19.7. The third-order valence-electron chi connectivity index (χ3n) is 4.76. The van der Waals surface area contributed by atoms with Crippen molar-refractivity contribution in [3.8, 4) is 5.75 Å². The van der Waals surface area contributed by atoms with E-state index in [0.717, 1.165) is 33.6 Å². The van der Waals surface area contributed by atoms with Gasteiger partial charge < -0.3 is 9.84 Å². The highest BCUT2D eigenvalue weighted by molar-refractivity contribution is 7.89. The fraction of sp³-hybridized carbons (Fsp3) is 0.0909. The molecule has 0 saturated heterocycles. The predicted molar refractivity (Wildman–Crippen MR) is 108 cm³/mol. The van der Waals surface area contributed by atoms with Crippen molar-refractivity contribution in [2.75, 3.05) is 0 Å². The van der Waals surface area contributed by atoms with Crippen LogP contribution in [-0.2, 0) is 23.1 Å². The summed E-state index contributed by atoms with van der Waals surface area (Å²) in [6.07, 6.45) is 0.681. The lowest BCUT2D eigenvalue weighted by Crippen LogP contribution is -2.12. The summed E-state index contributed by atoms with van der Waals surface area (Å²) in [6, 6.07) is 21.9. The normalized spacial score (nSPS) is 13.8. The van der Waals surface area contributed by atoms with Gasteiger partial charge in [0.2, 0.25) is 10.0 Å². The molecular formula is C22H19NO4S. The van der Waals surface area contributed by atoms with Crippen LogP contribution in [0.2, 0.25) is 0 Å². The molecule has 3 aromatic rings. The third-order valence-corrected chi connectivity index (χ3v) is 5.69. The average Bonchev–Trinajstić information content (AvgIpc) is 2.72. The fourth-order valence-electron chi connectivity index (χ4n) is 3.27. The number of hydrogen-bond acceptors (Lipinski definition) is 4. The minimum absolute atomic E-state index is 0.0134. The molecule has 0 saturated carbocycles. The summed E-state index contributed by atoms with van der Waals surface area (Å²) in [5.41, 5.74) is 4.65. The summed E-state index contributed by atoms with van der Waals surface area (Å²) >= 11 is 0. The van der Waals surface area contributed by atoms with Crippen molar-refractivity contribution in [1.82, 2.24) is 0 Å². The average molecular weight is 393 g/mol. The highest BCUT2D eigenvalue weighted by Crippen LogP contribution is 2.39. The van der Waals surface area contributed by atoms with Crippen molar-refractivity contribution in [1.29, 1.82) is 0 Å². The van der Waals surface area contributed by atoms with Crippen molar-refractivity contribution in [2.45, 2.75) is 17.9 Å². The van der Waals surface area contributed by atoms with Gasteiger partial charge in [0.1, 0.15) is 11.5 Å². The molecule has 0 unspecified atom stereocenters. The van der Waals surface area contributed by atoms with Gasteiger partial charge in [0.25, 0.3) is 0 Å². The number of nitrogens with two attached hydrogens (primary N) is 1. The summed E-state index contributed by atoms with van der Waals surface area (Å²) in [4.78, 5) is 0.0573. The minimum atomic E-state index is -3.75. The molecule has 142 valence electrons. The first-order chi connectivity index (χ1) is 13.5. The summed E-state index contributed by atoms with van der Waals surface area (Å²) in [5.74, 6) is 1.46. The smallest absolute Gasteiger partial charge is 0.238 e. The van der Waals surface area contributed by atoms with Crippen molar-refractivity contribution in [2.24, 2.45) is 5.14 Å². The van der Waals surface area contributed by atoms with Gasteiger partial charge in [-0.15, -0.1) is 0 Å². The van der Waals surface area contributed by atoms with Crippen LogP contribution >= 0.6 is 0 Å². The van der Waals surface area contributed by atoms with E-state index in [4.69, 9.17) is 9.88 Å². The van der Waals surface area contributed by atoms with Crippen molar-refractivity contribution in [3.63, 3.8) is 0 Å². The number of allylic oxidation sites excluding steroid dienone is 1. The topological polar surface area (TPSA) is 89.6 Å². The summed E-state index contributed by atoms with van der Waals surface area (Å²) < 4.78 is 29.3. The molecule has 5 nitrogen and oxygen atoms in total. The van der Waals surface area contributed by atoms with Crippen LogP contribution in [0.25, 0.3) is 11.3 Å². The van der Waals surface area contributed by atoms with Crippen LogP contribution in [0.15, 0.2) is 77.7 Å². The number of sulfonamides is 1. The van der Waals surface area contributed by atoms with Gasteiger partial charge in [-0.25, -0.2) is 13.6 Å². The van der Waals surface area contributed by atoms with E-state index in [-0.39, 0.29) is 11.5 Å². The fourth-order valence-corrected chi connectivity index (χ4v) is 3.78. The van der Waals surface area contributed by atoms with Crippen LogP contribution < -0.4 is 9.88 Å². The molecule has 3 aromatic carbocycles. The van der Waals surface area contributed by atoms with Gasteiger partial charge in [-0.2, -0.15) is 0 Å². The maximum Gasteiger partial charge on any atom is 0.238 e. The van der Waals surface area contributed by atoms with Crippen molar-refractivity contribution in [3.05, 3.63) is 95.1 Å². The molecule has 28 heavy (non-hydrogen) atoms. The number of benzene rings is 3. The Morgan fingerprint density at radius 3 is 2.18 bits per heavy atom. The second-order valence-electron chi connectivity index (χ2n) is 6.62. The Morgan fingerprint density at radius 1 is 0.893 bits per heavy atom. The maximum atomic E-state index is 11.5. The van der Waals surface area contributed by atoms with Gasteiger partial charge in [-0.1, -0.05) is 42.5 Å². The number of aliphatic hydroxyl groups excluding tert-OH is 1. The Morgan fingerprint density at radius 2 is 1.54 bits per heavy atom. The number of primary sulfonamides is 1. The van der Waals surface area contributed by atoms with Gasteiger partial charge in [0, 0.05) is 17.6 Å². The molecule has 0 amide bonds. The molecule has 6 heteroatoms. The second kappa shape index (κ2) is 7.24. The Labute approximate surface area is 163 Å². The highest BCUT2D eigenvalue weighted by Gasteiger charge is 2.22. The van der Waals surface area contributed by atoms with E-state index in [1.54, 1.807) is 12.1 Å². The first-order valence-corrected chi connectivity index (χ1v) is 10.3. The molecule has 0 radical (unpaired) electrons. The lowest BCUT2D eigenvalue weighted by Gasteiger charge is -2.24. The van der Waals surface area contributed by atoms with Gasteiger partial charge in [0.05, 0.1) is 11.5 Å². The maximum absolute atomic E-state index is 11.5. The van der Waals surface area contributed by atoms with E-state index in [1.807, 2.05) is 48.5 Å². The first-order valence-electron chi connectivity index (χ1n) is 8.78. The summed E-state index contributed by atoms with van der Waals surface area (Å²) in [7, 11) is -3.75. The largest absolute Gasteiger partial charge is 0.456 e. The Kier molecular flexibility index (Phi) is 4.77. The molecule has 1 aliphatic heterocycles. The molecule has 1 aliphatic rings. The number of aliphatic hydroxyl groups is 1. The van der Waals surface area contributed by atoms with Crippen LogP contribution in [0.5, 0.6) is 5.75 Å². The van der Waals surface area contributed by atoms with E-state index in [0.29, 0.717) is 12.2 Å². The summed E-state index contributed by atoms with van der Waals surface area (Å²) in [5, 5.41) is 14.5. The number of fused-ring (bicyclic) bond motifs is 1. The molecule has 0 spiro atoms. The van der Waals surface area contributed by atoms with Crippen LogP contribution in [0.3, 0.4) is 0 Å². The zero-order valence-corrected chi connectivity index (χ0v) is 15.8. The van der Waals surface area contributed by atoms with Gasteiger partial charge in [-0.05, 0) is 47.0 Å². The predicted octanol–water partition coefficient (Wildman–Crippen LogP) is 3.33. The second-order valence-corrected chi connectivity index (χ2v) is 8.18. The Hall–Kier alpha value is -2.93. The lowest BCUT2D eigenvalue weighted by atomic mass is 9.92. The standard InChI is InChI=1S/C22H19NO4S/c23-28(25,26)19-11-9-17(10-12-19)22-20(16-7-5-15(14-24)6-8-16)13-18-3-1-2-4-21(18)27-22/h1-12,24H,13-14H2,(H2,23,25,26). The number of rotatable bonds is 4. The third kappa shape index (κ3) is 3.57. The van der Waals surface area contributed by atoms with Crippen LogP contribution in [0.1, 0.15) is 22.3 Å². The van der Waals surface area contributed by atoms with Crippen LogP contribution in [0, 0.1) is 0 Å². The molecule has 0 atom stereocenters. The lowest BCUT2D eigenvalue weighted by molar-refractivity contribution is 0.282. The molecule has 3 N–H and O–H groups in total. The molecule has 0 fully saturated rings. The SMILES string of the molecule is NS(=O)(=O)c1ccc(C2=C(c3ccc(CO)cc3)Cc3ccccc3O2)cc1. The van der Waals surface area contributed by atoms with E-state index in [1.165, 1.54) is 12.1 Å². The van der Waals surface area contributed by atoms with Crippen molar-refractivity contribution < 1.29 is 18.3 Å². The van der Waals surface area contributed by atoms with Crippen LogP contribution in [0.4, 0.5) is 0 Å². The molecule has 0 aliphatic carbocycles. The van der Waals surface area contributed by atoms with E-state index in [9.17, 15) is 13.5 Å². The number of hydrogen-bond donors (Lipinski definition) is 2. The Balaban J connectivity index is 1.83. The van der Waals surface area contributed by atoms with E-state index in [2.05, 4.69) is 0 Å². The van der Waals surface area contributed by atoms with E-state index >= 15 is 0 Å². The number of para-hydroxylation sites is 1. The molecule has 1 heterocycles. The Bertz CT molecular complexity index is 1150. The molecule has 0 aromatic heterocycles. The van der Waals surface area contributed by atoms with Crippen molar-refractivity contribution >= 4 is 21.4 Å². The highest BCUT2D eigenvalue weighted by atomic mass is 32.2. The molecular weight excluding hydrogens is 374 g/mol. The van der Waals surface area contributed by atoms with E-state index < -0.39 is 10.0 Å².